The van der Waals surface area contributed by atoms with E-state index in [0.717, 1.165) is 18.6 Å². The molecule has 0 fully saturated rings. The zero-order chi connectivity index (χ0) is 9.97. The Morgan fingerprint density at radius 1 is 1.29 bits per heavy atom. The van der Waals surface area contributed by atoms with Gasteiger partial charge in [0.2, 0.25) is 0 Å². The van der Waals surface area contributed by atoms with Crippen molar-refractivity contribution < 1.29 is 0 Å². The fraction of sp³-hybridized carbons (Fsp3) is 0.250. The zero-order valence-electron chi connectivity index (χ0n) is 8.13. The van der Waals surface area contributed by atoms with Crippen molar-refractivity contribution in [3.05, 3.63) is 46.6 Å². The number of fused-ring (bicyclic) bond motifs is 1. The fourth-order valence-corrected chi connectivity index (χ4v) is 1.94. The summed E-state index contributed by atoms with van der Waals surface area (Å²) in [6.45, 7) is 2.00. The summed E-state index contributed by atoms with van der Waals surface area (Å²) in [4.78, 5) is 4.32. The van der Waals surface area contributed by atoms with Crippen LogP contribution in [-0.4, -0.2) is 5.71 Å². The molecule has 1 heterocycles. The molecule has 0 atom stereocenters. The second-order valence-electron chi connectivity index (χ2n) is 3.42. The van der Waals surface area contributed by atoms with Gasteiger partial charge in [0.25, 0.3) is 0 Å². The molecule has 2 rings (SSSR count). The number of allylic oxidation sites excluding steroid dienone is 1. The standard InChI is InChI=1S/C12H12ClN/c1-9-11-7-3-2-5-10(11)6-4-8-12(13)14-9/h2-3,5,7-8H,4,6H2,1H3. The van der Waals surface area contributed by atoms with Gasteiger partial charge in [0.1, 0.15) is 5.16 Å². The Bertz CT molecular complexity index is 405. The molecule has 2 heteroatoms. The molecule has 1 aromatic rings. The molecule has 0 aromatic heterocycles. The monoisotopic (exact) mass is 205 g/mol. The van der Waals surface area contributed by atoms with Crippen molar-refractivity contribution in [1.29, 1.82) is 0 Å². The molecule has 0 unspecified atom stereocenters. The number of rotatable bonds is 0. The van der Waals surface area contributed by atoms with E-state index >= 15 is 0 Å². The lowest BCUT2D eigenvalue weighted by molar-refractivity contribution is 0.985. The summed E-state index contributed by atoms with van der Waals surface area (Å²) in [6.07, 6.45) is 3.98. The van der Waals surface area contributed by atoms with Gasteiger partial charge in [0.05, 0.1) is 0 Å². The number of nitrogens with zero attached hydrogens (tertiary/aromatic N) is 1. The molecule has 14 heavy (non-hydrogen) atoms. The third-order valence-electron chi connectivity index (χ3n) is 2.41. The summed E-state index contributed by atoms with van der Waals surface area (Å²) in [7, 11) is 0. The minimum Gasteiger partial charge on any atom is -0.241 e. The number of halogens is 1. The fourth-order valence-electron chi connectivity index (χ4n) is 1.70. The van der Waals surface area contributed by atoms with Crippen molar-refractivity contribution in [2.75, 3.05) is 0 Å². The molecular formula is C12H12ClN. The third kappa shape index (κ3) is 1.88. The van der Waals surface area contributed by atoms with Crippen LogP contribution in [-0.2, 0) is 6.42 Å². The van der Waals surface area contributed by atoms with Gasteiger partial charge in [-0.1, -0.05) is 35.9 Å². The van der Waals surface area contributed by atoms with E-state index in [1.165, 1.54) is 11.1 Å². The Morgan fingerprint density at radius 2 is 2.07 bits per heavy atom. The van der Waals surface area contributed by atoms with Crippen LogP contribution in [0.15, 0.2) is 40.5 Å². The predicted molar refractivity (Wildman–Crippen MR) is 60.9 cm³/mol. The van der Waals surface area contributed by atoms with E-state index in [0.29, 0.717) is 5.16 Å². The van der Waals surface area contributed by atoms with Gasteiger partial charge in [-0.25, -0.2) is 4.99 Å². The largest absolute Gasteiger partial charge is 0.241 e. The first-order chi connectivity index (χ1) is 6.77. The zero-order valence-corrected chi connectivity index (χ0v) is 8.88. The Balaban J connectivity index is 2.52. The first-order valence-electron chi connectivity index (χ1n) is 4.76. The van der Waals surface area contributed by atoms with Crippen LogP contribution in [0.1, 0.15) is 24.5 Å². The van der Waals surface area contributed by atoms with Crippen LogP contribution in [0.3, 0.4) is 0 Å². The molecule has 0 spiro atoms. The number of hydrogen-bond acceptors (Lipinski definition) is 1. The molecular weight excluding hydrogens is 194 g/mol. The van der Waals surface area contributed by atoms with Gasteiger partial charge >= 0.3 is 0 Å². The van der Waals surface area contributed by atoms with Crippen LogP contribution in [0.2, 0.25) is 0 Å². The second-order valence-corrected chi connectivity index (χ2v) is 3.81. The van der Waals surface area contributed by atoms with Gasteiger partial charge in [0, 0.05) is 5.71 Å². The highest BCUT2D eigenvalue weighted by Gasteiger charge is 2.07. The van der Waals surface area contributed by atoms with Crippen molar-refractivity contribution in [3.63, 3.8) is 0 Å². The van der Waals surface area contributed by atoms with Crippen molar-refractivity contribution in [1.82, 2.24) is 0 Å². The molecule has 0 bridgehead atoms. The topological polar surface area (TPSA) is 12.4 Å². The van der Waals surface area contributed by atoms with Crippen LogP contribution >= 0.6 is 11.6 Å². The van der Waals surface area contributed by atoms with Crippen molar-refractivity contribution >= 4 is 17.3 Å². The molecule has 1 nitrogen and oxygen atoms in total. The van der Waals surface area contributed by atoms with Crippen LogP contribution in [0, 0.1) is 0 Å². The molecule has 1 aliphatic rings. The van der Waals surface area contributed by atoms with Crippen molar-refractivity contribution in [3.8, 4) is 0 Å². The minimum atomic E-state index is 0.608. The van der Waals surface area contributed by atoms with E-state index < -0.39 is 0 Å². The summed E-state index contributed by atoms with van der Waals surface area (Å²) in [5.41, 5.74) is 3.58. The van der Waals surface area contributed by atoms with E-state index in [1.54, 1.807) is 0 Å². The maximum absolute atomic E-state index is 5.93. The highest BCUT2D eigenvalue weighted by atomic mass is 35.5. The third-order valence-corrected chi connectivity index (χ3v) is 2.65. The van der Waals surface area contributed by atoms with E-state index in [9.17, 15) is 0 Å². The van der Waals surface area contributed by atoms with Crippen molar-refractivity contribution in [2.24, 2.45) is 4.99 Å². The molecule has 0 saturated heterocycles. The van der Waals surface area contributed by atoms with E-state index in [1.807, 2.05) is 19.1 Å². The van der Waals surface area contributed by atoms with Gasteiger partial charge in [-0.05, 0) is 37.0 Å². The predicted octanol–water partition coefficient (Wildman–Crippen LogP) is 3.52. The summed E-state index contributed by atoms with van der Waals surface area (Å²) in [5.74, 6) is 0. The quantitative estimate of drug-likeness (QED) is 0.575. The second kappa shape index (κ2) is 3.97. The number of hydrogen-bond donors (Lipinski definition) is 0. The summed E-state index contributed by atoms with van der Waals surface area (Å²) < 4.78 is 0. The summed E-state index contributed by atoms with van der Waals surface area (Å²) >= 11 is 5.93. The summed E-state index contributed by atoms with van der Waals surface area (Å²) in [5, 5.41) is 0.608. The molecule has 0 N–H and O–H groups in total. The smallest absolute Gasteiger partial charge is 0.125 e. The number of aryl methyl sites for hydroxylation is 1. The molecule has 0 amide bonds. The van der Waals surface area contributed by atoms with E-state index in [4.69, 9.17) is 11.6 Å². The maximum atomic E-state index is 5.93. The average Bonchev–Trinajstić information content (AvgIpc) is 2.16. The molecule has 1 aromatic carbocycles. The first kappa shape index (κ1) is 9.47. The van der Waals surface area contributed by atoms with Gasteiger partial charge in [-0.15, -0.1) is 0 Å². The van der Waals surface area contributed by atoms with Crippen LogP contribution in [0.5, 0.6) is 0 Å². The lowest BCUT2D eigenvalue weighted by Crippen LogP contribution is -2.02. The van der Waals surface area contributed by atoms with Crippen LogP contribution in [0.25, 0.3) is 0 Å². The lowest BCUT2D eigenvalue weighted by atomic mass is 9.99. The van der Waals surface area contributed by atoms with Crippen LogP contribution < -0.4 is 0 Å². The Morgan fingerprint density at radius 3 is 2.93 bits per heavy atom. The molecule has 1 aliphatic heterocycles. The number of benzene rings is 1. The van der Waals surface area contributed by atoms with Gasteiger partial charge in [0.15, 0.2) is 0 Å². The SMILES string of the molecule is CC1=NC(Cl)=CCCc2ccccc21. The van der Waals surface area contributed by atoms with Gasteiger partial charge < -0.3 is 0 Å². The molecule has 0 radical (unpaired) electrons. The molecule has 72 valence electrons. The Kier molecular flexibility index (Phi) is 2.69. The highest BCUT2D eigenvalue weighted by Crippen LogP contribution is 2.18. The minimum absolute atomic E-state index is 0.608. The molecule has 0 saturated carbocycles. The average molecular weight is 206 g/mol. The first-order valence-corrected chi connectivity index (χ1v) is 5.14. The molecule has 0 aliphatic carbocycles. The normalized spacial score (nSPS) is 16.1. The summed E-state index contributed by atoms with van der Waals surface area (Å²) in [6, 6.07) is 8.36. The van der Waals surface area contributed by atoms with Crippen LogP contribution in [0.4, 0.5) is 0 Å². The highest BCUT2D eigenvalue weighted by molar-refractivity contribution is 6.30. The van der Waals surface area contributed by atoms with Crippen molar-refractivity contribution in [2.45, 2.75) is 19.8 Å². The Labute approximate surface area is 89.1 Å². The van der Waals surface area contributed by atoms with Gasteiger partial charge in [-0.3, -0.25) is 0 Å². The van der Waals surface area contributed by atoms with E-state index in [2.05, 4.69) is 23.2 Å². The lowest BCUT2D eigenvalue weighted by Gasteiger charge is -2.10. The maximum Gasteiger partial charge on any atom is 0.125 e. The Hall–Kier alpha value is -1.08. The number of aliphatic imine (C=N–C) groups is 1. The van der Waals surface area contributed by atoms with E-state index in [-0.39, 0.29) is 0 Å². The van der Waals surface area contributed by atoms with Gasteiger partial charge in [-0.2, -0.15) is 0 Å².